The van der Waals surface area contributed by atoms with Crippen LogP contribution in [0, 0.1) is 6.92 Å². The molecule has 0 saturated carbocycles. The third-order valence-corrected chi connectivity index (χ3v) is 3.87. The van der Waals surface area contributed by atoms with Crippen molar-refractivity contribution in [1.29, 1.82) is 0 Å². The summed E-state index contributed by atoms with van der Waals surface area (Å²) >= 11 is 3.39. The molecule has 0 amide bonds. The quantitative estimate of drug-likeness (QED) is 0.771. The molecule has 0 aliphatic carbocycles. The highest BCUT2D eigenvalue weighted by molar-refractivity contribution is 9.10. The first-order chi connectivity index (χ1) is 10.5. The number of benzene rings is 1. The molecule has 1 aromatic carbocycles. The maximum absolute atomic E-state index is 11.7. The second-order valence-electron chi connectivity index (χ2n) is 4.88. The van der Waals surface area contributed by atoms with E-state index in [0.29, 0.717) is 17.1 Å². The Hall–Kier alpha value is -2.34. The van der Waals surface area contributed by atoms with Gasteiger partial charge in [-0.1, -0.05) is 0 Å². The molecule has 6 heteroatoms. The van der Waals surface area contributed by atoms with Gasteiger partial charge in [0.2, 0.25) is 0 Å². The van der Waals surface area contributed by atoms with E-state index in [1.165, 1.54) is 0 Å². The number of hydrogen-bond acceptors (Lipinski definition) is 3. The van der Waals surface area contributed by atoms with Crippen molar-refractivity contribution in [2.75, 3.05) is 7.11 Å². The lowest BCUT2D eigenvalue weighted by Crippen LogP contribution is -2.04. The zero-order valence-electron chi connectivity index (χ0n) is 12.0. The molecule has 0 atom stereocenters. The summed E-state index contributed by atoms with van der Waals surface area (Å²) in [4.78, 5) is 16.2. The molecule has 0 aliphatic heterocycles. The summed E-state index contributed by atoms with van der Waals surface area (Å²) in [5, 5.41) is 9.60. The van der Waals surface area contributed by atoms with Crippen molar-refractivity contribution >= 4 is 27.5 Å². The van der Waals surface area contributed by atoms with Gasteiger partial charge in [-0.15, -0.1) is 0 Å². The highest BCUT2D eigenvalue weighted by Crippen LogP contribution is 2.28. The largest absolute Gasteiger partial charge is 0.497 e. The van der Waals surface area contributed by atoms with Gasteiger partial charge in [0, 0.05) is 16.2 Å². The summed E-state index contributed by atoms with van der Waals surface area (Å²) in [7, 11) is 1.59. The van der Waals surface area contributed by atoms with Crippen molar-refractivity contribution < 1.29 is 14.6 Å². The molecule has 2 aromatic heterocycles. The maximum Gasteiger partial charge on any atom is 0.355 e. The van der Waals surface area contributed by atoms with E-state index in [2.05, 4.69) is 20.9 Å². The minimum absolute atomic E-state index is 0.143. The van der Waals surface area contributed by atoms with Gasteiger partial charge in [-0.25, -0.2) is 9.78 Å². The molecular formula is C16H13BrN2O3. The summed E-state index contributed by atoms with van der Waals surface area (Å²) in [6.07, 6.45) is 1.71. The SMILES string of the molecule is COc1ccc(-c2nc3c(C)cc(Br)cn3c2C(=O)O)cc1. The summed E-state index contributed by atoms with van der Waals surface area (Å²) < 4.78 is 7.53. The fourth-order valence-corrected chi connectivity index (χ4v) is 2.97. The van der Waals surface area contributed by atoms with E-state index >= 15 is 0 Å². The predicted octanol–water partition coefficient (Wildman–Crippen LogP) is 3.78. The van der Waals surface area contributed by atoms with Crippen LogP contribution in [-0.2, 0) is 0 Å². The minimum Gasteiger partial charge on any atom is -0.497 e. The fraction of sp³-hybridized carbons (Fsp3) is 0.125. The summed E-state index contributed by atoms with van der Waals surface area (Å²) in [5.41, 5.74) is 2.85. The number of carbonyl (C=O) groups is 1. The third-order valence-electron chi connectivity index (χ3n) is 3.44. The van der Waals surface area contributed by atoms with Crippen LogP contribution in [0.25, 0.3) is 16.9 Å². The molecule has 3 aromatic rings. The van der Waals surface area contributed by atoms with E-state index in [0.717, 1.165) is 15.6 Å². The number of aromatic carboxylic acids is 1. The van der Waals surface area contributed by atoms with Gasteiger partial charge in [0.15, 0.2) is 5.69 Å². The Morgan fingerprint density at radius 1 is 1.32 bits per heavy atom. The number of methoxy groups -OCH3 is 1. The molecule has 112 valence electrons. The summed E-state index contributed by atoms with van der Waals surface area (Å²) in [6, 6.07) is 9.09. The van der Waals surface area contributed by atoms with Gasteiger partial charge in [-0.3, -0.25) is 4.40 Å². The average molecular weight is 361 g/mol. The molecule has 0 saturated heterocycles. The Balaban J connectivity index is 2.30. The topological polar surface area (TPSA) is 63.8 Å². The monoisotopic (exact) mass is 360 g/mol. The lowest BCUT2D eigenvalue weighted by Gasteiger charge is -2.03. The van der Waals surface area contributed by atoms with E-state index in [1.54, 1.807) is 42.0 Å². The van der Waals surface area contributed by atoms with E-state index in [9.17, 15) is 9.90 Å². The lowest BCUT2D eigenvalue weighted by atomic mass is 10.1. The number of pyridine rings is 1. The van der Waals surface area contributed by atoms with E-state index < -0.39 is 5.97 Å². The van der Waals surface area contributed by atoms with Crippen molar-refractivity contribution in [3.8, 4) is 17.0 Å². The van der Waals surface area contributed by atoms with Crippen molar-refractivity contribution in [2.45, 2.75) is 6.92 Å². The Bertz CT molecular complexity index is 869. The molecule has 0 unspecified atom stereocenters. The van der Waals surface area contributed by atoms with Crippen LogP contribution in [-0.4, -0.2) is 27.6 Å². The fourth-order valence-electron chi connectivity index (χ4n) is 2.42. The van der Waals surface area contributed by atoms with Crippen molar-refractivity contribution in [1.82, 2.24) is 9.38 Å². The number of carboxylic acid groups (broad SMARTS) is 1. The van der Waals surface area contributed by atoms with Gasteiger partial charge in [0.25, 0.3) is 0 Å². The van der Waals surface area contributed by atoms with Gasteiger partial charge >= 0.3 is 5.97 Å². The van der Waals surface area contributed by atoms with Crippen LogP contribution >= 0.6 is 15.9 Å². The molecule has 0 spiro atoms. The number of aromatic nitrogens is 2. The Morgan fingerprint density at radius 2 is 2.00 bits per heavy atom. The Morgan fingerprint density at radius 3 is 2.59 bits per heavy atom. The van der Waals surface area contributed by atoms with Gasteiger partial charge in [-0.05, 0) is 58.7 Å². The highest BCUT2D eigenvalue weighted by atomic mass is 79.9. The van der Waals surface area contributed by atoms with Crippen LogP contribution in [0.1, 0.15) is 16.1 Å². The molecule has 0 fully saturated rings. The van der Waals surface area contributed by atoms with Gasteiger partial charge in [0.1, 0.15) is 17.1 Å². The van der Waals surface area contributed by atoms with Crippen LogP contribution < -0.4 is 4.74 Å². The molecule has 0 aliphatic rings. The standard InChI is InChI=1S/C16H13BrN2O3/c1-9-7-11(17)8-19-14(16(20)21)13(18-15(9)19)10-3-5-12(22-2)6-4-10/h3-8H,1-2H3,(H,20,21). The lowest BCUT2D eigenvalue weighted by molar-refractivity contribution is 0.0690. The third kappa shape index (κ3) is 2.35. The molecule has 22 heavy (non-hydrogen) atoms. The molecule has 1 N–H and O–H groups in total. The minimum atomic E-state index is -1.02. The number of rotatable bonds is 3. The van der Waals surface area contributed by atoms with Crippen LogP contribution in [0.3, 0.4) is 0 Å². The average Bonchev–Trinajstić information content (AvgIpc) is 2.87. The van der Waals surface area contributed by atoms with Crippen molar-refractivity contribution in [2.24, 2.45) is 0 Å². The second-order valence-corrected chi connectivity index (χ2v) is 5.79. The molecule has 5 nitrogen and oxygen atoms in total. The van der Waals surface area contributed by atoms with Crippen molar-refractivity contribution in [3.05, 3.63) is 52.3 Å². The van der Waals surface area contributed by atoms with Crippen LogP contribution in [0.2, 0.25) is 0 Å². The number of nitrogens with zero attached hydrogens (tertiary/aromatic N) is 2. The van der Waals surface area contributed by atoms with Crippen LogP contribution in [0.4, 0.5) is 0 Å². The predicted molar refractivity (Wildman–Crippen MR) is 86.6 cm³/mol. The number of aryl methyl sites for hydroxylation is 1. The first kappa shape index (κ1) is 14.6. The molecule has 0 bridgehead atoms. The van der Waals surface area contributed by atoms with Gasteiger partial charge in [-0.2, -0.15) is 0 Å². The smallest absolute Gasteiger partial charge is 0.355 e. The van der Waals surface area contributed by atoms with E-state index in [1.807, 2.05) is 13.0 Å². The molecule has 2 heterocycles. The van der Waals surface area contributed by atoms with Crippen LogP contribution in [0.5, 0.6) is 5.75 Å². The summed E-state index contributed by atoms with van der Waals surface area (Å²) in [5.74, 6) is -0.306. The Labute approximate surface area is 135 Å². The number of fused-ring (bicyclic) bond motifs is 1. The van der Waals surface area contributed by atoms with E-state index in [4.69, 9.17) is 4.74 Å². The highest BCUT2D eigenvalue weighted by Gasteiger charge is 2.21. The number of halogens is 1. The molecular weight excluding hydrogens is 348 g/mol. The first-order valence-electron chi connectivity index (χ1n) is 6.57. The second kappa shape index (κ2) is 5.46. The molecule has 3 rings (SSSR count). The Kier molecular flexibility index (Phi) is 3.62. The van der Waals surface area contributed by atoms with E-state index in [-0.39, 0.29) is 5.69 Å². The molecule has 0 radical (unpaired) electrons. The number of ether oxygens (including phenoxy) is 1. The normalized spacial score (nSPS) is 10.9. The van der Waals surface area contributed by atoms with Crippen LogP contribution in [0.15, 0.2) is 41.0 Å². The first-order valence-corrected chi connectivity index (χ1v) is 7.36. The zero-order valence-corrected chi connectivity index (χ0v) is 13.6. The van der Waals surface area contributed by atoms with Crippen molar-refractivity contribution in [3.63, 3.8) is 0 Å². The number of hydrogen-bond donors (Lipinski definition) is 1. The summed E-state index contributed by atoms with van der Waals surface area (Å²) in [6.45, 7) is 1.90. The number of carboxylic acids is 1. The maximum atomic E-state index is 11.7. The van der Waals surface area contributed by atoms with Gasteiger partial charge < -0.3 is 9.84 Å². The zero-order chi connectivity index (χ0) is 15.9. The number of imidazole rings is 1. The van der Waals surface area contributed by atoms with Gasteiger partial charge in [0.05, 0.1) is 7.11 Å².